The summed E-state index contributed by atoms with van der Waals surface area (Å²) >= 11 is 0. The van der Waals surface area contributed by atoms with Crippen molar-refractivity contribution in [2.45, 2.75) is 25.8 Å². The summed E-state index contributed by atoms with van der Waals surface area (Å²) in [4.78, 5) is 26.8. The molecule has 0 saturated carbocycles. The number of aliphatic hydroxyl groups excluding tert-OH is 2. The van der Waals surface area contributed by atoms with Crippen molar-refractivity contribution in [3.63, 3.8) is 0 Å². The van der Waals surface area contributed by atoms with E-state index in [4.69, 9.17) is 14.9 Å². The highest BCUT2D eigenvalue weighted by Crippen LogP contribution is 2.30. The fourth-order valence-electron chi connectivity index (χ4n) is 2.25. The zero-order chi connectivity index (χ0) is 14.5. The largest absolute Gasteiger partial charge is 0.395 e. The molecule has 1 fully saturated rings. The molecule has 7 nitrogen and oxygen atoms in total. The lowest BCUT2D eigenvalue weighted by atomic mass is 9.96. The molecule has 0 spiro atoms. The van der Waals surface area contributed by atoms with Crippen molar-refractivity contribution < 1.29 is 24.5 Å². The molecular formula is C12H22N2O5. The van der Waals surface area contributed by atoms with Crippen molar-refractivity contribution in [3.05, 3.63) is 0 Å². The zero-order valence-electron chi connectivity index (χ0n) is 11.5. The maximum Gasteiger partial charge on any atom is 0.327 e. The minimum absolute atomic E-state index is 0.0240. The van der Waals surface area contributed by atoms with E-state index in [1.165, 1.54) is 4.90 Å². The molecule has 1 aliphatic rings. The number of β-amino-alcohol motifs (C(OH)–C–C–N with tert-alkyl or cyclic N) is 2. The number of hydrogen-bond acceptors (Lipinski definition) is 5. The Morgan fingerprint density at radius 1 is 1.21 bits per heavy atom. The van der Waals surface area contributed by atoms with Crippen LogP contribution in [0.4, 0.5) is 4.79 Å². The number of ether oxygens (including phenoxy) is 1. The molecule has 1 aliphatic heterocycles. The molecule has 1 saturated heterocycles. The minimum Gasteiger partial charge on any atom is -0.395 e. The Morgan fingerprint density at radius 3 is 2.37 bits per heavy atom. The fraction of sp³-hybridized carbons (Fsp3) is 0.833. The molecule has 1 unspecified atom stereocenters. The predicted molar refractivity (Wildman–Crippen MR) is 67.5 cm³/mol. The summed E-state index contributed by atoms with van der Waals surface area (Å²) in [7, 11) is 0. The third-order valence-corrected chi connectivity index (χ3v) is 3.35. The van der Waals surface area contributed by atoms with Gasteiger partial charge in [-0.2, -0.15) is 0 Å². The predicted octanol–water partition coefficient (Wildman–Crippen LogP) is -0.579. The average molecular weight is 274 g/mol. The van der Waals surface area contributed by atoms with Crippen molar-refractivity contribution in [1.29, 1.82) is 0 Å². The lowest BCUT2D eigenvalue weighted by molar-refractivity contribution is -0.133. The molecule has 7 heteroatoms. The molecule has 0 aromatic carbocycles. The van der Waals surface area contributed by atoms with Crippen LogP contribution in [0, 0.1) is 0 Å². The summed E-state index contributed by atoms with van der Waals surface area (Å²) in [6, 6.07) is -0.466. The van der Waals surface area contributed by atoms with Gasteiger partial charge in [0.2, 0.25) is 0 Å². The summed E-state index contributed by atoms with van der Waals surface area (Å²) in [5, 5.41) is 18.0. The van der Waals surface area contributed by atoms with Crippen LogP contribution in [0.25, 0.3) is 0 Å². The molecule has 3 amide bonds. The highest BCUT2D eigenvalue weighted by atomic mass is 16.5. The third-order valence-electron chi connectivity index (χ3n) is 3.35. The molecule has 2 N–H and O–H groups in total. The van der Waals surface area contributed by atoms with E-state index in [9.17, 15) is 9.59 Å². The lowest BCUT2D eigenvalue weighted by Gasteiger charge is -2.31. The van der Waals surface area contributed by atoms with Crippen LogP contribution in [-0.4, -0.2) is 77.0 Å². The van der Waals surface area contributed by atoms with Gasteiger partial charge in [-0.15, -0.1) is 0 Å². The van der Waals surface area contributed by atoms with E-state index in [0.717, 1.165) is 4.90 Å². The van der Waals surface area contributed by atoms with Gasteiger partial charge in [-0.25, -0.2) is 4.79 Å². The Balaban J connectivity index is 2.90. The molecule has 0 aromatic heterocycles. The van der Waals surface area contributed by atoms with Crippen LogP contribution < -0.4 is 0 Å². The van der Waals surface area contributed by atoms with Crippen LogP contribution in [-0.2, 0) is 9.53 Å². The van der Waals surface area contributed by atoms with Gasteiger partial charge in [0, 0.05) is 26.2 Å². The topological polar surface area (TPSA) is 90.3 Å². The summed E-state index contributed by atoms with van der Waals surface area (Å²) in [5.41, 5.74) is -1.01. The number of nitrogens with zero attached hydrogens (tertiary/aromatic N) is 2. The second kappa shape index (κ2) is 6.83. The molecule has 0 radical (unpaired) electrons. The Kier molecular flexibility index (Phi) is 5.71. The lowest BCUT2D eigenvalue weighted by Crippen LogP contribution is -2.49. The van der Waals surface area contributed by atoms with Gasteiger partial charge in [-0.05, 0) is 13.8 Å². The van der Waals surface area contributed by atoms with Gasteiger partial charge in [-0.1, -0.05) is 0 Å². The number of rotatable bonds is 8. The third kappa shape index (κ3) is 3.05. The Labute approximate surface area is 112 Å². The molecule has 1 heterocycles. The number of carbonyl (C=O) groups is 2. The van der Waals surface area contributed by atoms with Crippen LogP contribution in [0.3, 0.4) is 0 Å². The van der Waals surface area contributed by atoms with Crippen molar-refractivity contribution in [1.82, 2.24) is 9.80 Å². The molecule has 19 heavy (non-hydrogen) atoms. The van der Waals surface area contributed by atoms with Crippen LogP contribution in [0.1, 0.15) is 20.3 Å². The molecule has 0 aromatic rings. The van der Waals surface area contributed by atoms with Gasteiger partial charge in [-0.3, -0.25) is 9.69 Å². The highest BCUT2D eigenvalue weighted by Gasteiger charge is 2.53. The summed E-state index contributed by atoms with van der Waals surface area (Å²) in [5.74, 6) is -0.347. The fourth-order valence-corrected chi connectivity index (χ4v) is 2.25. The number of urea groups is 1. The number of imide groups is 1. The molecule has 0 bridgehead atoms. The Morgan fingerprint density at radius 2 is 1.84 bits per heavy atom. The number of hydrogen-bond donors (Lipinski definition) is 2. The maximum absolute atomic E-state index is 12.3. The first-order valence-corrected chi connectivity index (χ1v) is 6.46. The van der Waals surface area contributed by atoms with E-state index < -0.39 is 11.6 Å². The van der Waals surface area contributed by atoms with Crippen LogP contribution in [0.2, 0.25) is 0 Å². The maximum atomic E-state index is 12.3. The summed E-state index contributed by atoms with van der Waals surface area (Å²) < 4.78 is 5.25. The first kappa shape index (κ1) is 15.9. The SMILES string of the molecule is CCOCCC1(C)C(=O)N(CCO)C(=O)N1CCO. The summed E-state index contributed by atoms with van der Waals surface area (Å²) in [6.45, 7) is 4.01. The zero-order valence-corrected chi connectivity index (χ0v) is 11.5. The first-order valence-electron chi connectivity index (χ1n) is 6.46. The molecular weight excluding hydrogens is 252 g/mol. The van der Waals surface area contributed by atoms with E-state index in [1.54, 1.807) is 6.92 Å². The van der Waals surface area contributed by atoms with Gasteiger partial charge in [0.1, 0.15) is 5.54 Å². The van der Waals surface area contributed by atoms with E-state index in [2.05, 4.69) is 0 Å². The van der Waals surface area contributed by atoms with E-state index in [0.29, 0.717) is 19.6 Å². The molecule has 110 valence electrons. The van der Waals surface area contributed by atoms with Crippen LogP contribution >= 0.6 is 0 Å². The molecule has 1 rings (SSSR count). The smallest absolute Gasteiger partial charge is 0.327 e. The molecule has 1 atom stereocenters. The molecule has 0 aliphatic carbocycles. The monoisotopic (exact) mass is 274 g/mol. The quantitative estimate of drug-likeness (QED) is 0.456. The average Bonchev–Trinajstić information content (AvgIpc) is 2.55. The van der Waals surface area contributed by atoms with Gasteiger partial charge >= 0.3 is 6.03 Å². The minimum atomic E-state index is -1.01. The van der Waals surface area contributed by atoms with E-state index in [1.807, 2.05) is 6.92 Å². The van der Waals surface area contributed by atoms with Crippen molar-refractivity contribution in [3.8, 4) is 0 Å². The van der Waals surface area contributed by atoms with Crippen LogP contribution in [0.15, 0.2) is 0 Å². The van der Waals surface area contributed by atoms with Crippen LogP contribution in [0.5, 0.6) is 0 Å². The standard InChI is InChI=1S/C12H22N2O5/c1-3-19-9-4-12(2)10(17)13(5-7-15)11(18)14(12)6-8-16/h15-16H,3-9H2,1-2H3. The number of amides is 3. The summed E-state index contributed by atoms with van der Waals surface area (Å²) in [6.07, 6.45) is 0.368. The van der Waals surface area contributed by atoms with Gasteiger partial charge in [0.25, 0.3) is 5.91 Å². The van der Waals surface area contributed by atoms with E-state index in [-0.39, 0.29) is 32.2 Å². The normalized spacial score (nSPS) is 23.6. The van der Waals surface area contributed by atoms with Gasteiger partial charge < -0.3 is 19.8 Å². The number of aliphatic hydroxyl groups is 2. The second-order valence-corrected chi connectivity index (χ2v) is 4.56. The first-order chi connectivity index (χ1) is 9.02. The number of carbonyl (C=O) groups excluding carboxylic acids is 2. The highest BCUT2D eigenvalue weighted by molar-refractivity contribution is 6.06. The Bertz CT molecular complexity index is 336. The van der Waals surface area contributed by atoms with Gasteiger partial charge in [0.05, 0.1) is 19.8 Å². The second-order valence-electron chi connectivity index (χ2n) is 4.56. The van der Waals surface area contributed by atoms with Crippen molar-refractivity contribution in [2.75, 3.05) is 39.5 Å². The van der Waals surface area contributed by atoms with Crippen molar-refractivity contribution >= 4 is 11.9 Å². The van der Waals surface area contributed by atoms with Gasteiger partial charge in [0.15, 0.2) is 0 Å². The van der Waals surface area contributed by atoms with Crippen molar-refractivity contribution in [2.24, 2.45) is 0 Å². The van der Waals surface area contributed by atoms with E-state index >= 15 is 0 Å². The Hall–Kier alpha value is -1.18.